The normalized spacial score (nSPS) is 10.4. The lowest BCUT2D eigenvalue weighted by Crippen LogP contribution is -2.14. The number of nitrogens with one attached hydrogen (secondary N) is 1. The molecule has 0 aliphatic carbocycles. The molecule has 3 aromatic rings. The molecule has 0 bridgehead atoms. The number of hydrogen-bond donors (Lipinski definition) is 1. The minimum Gasteiger partial charge on any atom is -0.464 e. The summed E-state index contributed by atoms with van der Waals surface area (Å²) in [7, 11) is 1.74. The first kappa shape index (κ1) is 16.2. The van der Waals surface area contributed by atoms with E-state index in [0.29, 0.717) is 5.82 Å². The van der Waals surface area contributed by atoms with Crippen molar-refractivity contribution in [2.75, 3.05) is 5.32 Å². The van der Waals surface area contributed by atoms with Crippen LogP contribution in [-0.4, -0.2) is 30.4 Å². The topological polar surface area (TPSA) is 117 Å². The molecule has 0 atom stereocenters. The van der Waals surface area contributed by atoms with E-state index in [2.05, 4.69) is 15.5 Å². The summed E-state index contributed by atoms with van der Waals surface area (Å²) in [5.74, 6) is 0.129. The van der Waals surface area contributed by atoms with Gasteiger partial charge in [-0.1, -0.05) is 12.1 Å². The van der Waals surface area contributed by atoms with Crippen LogP contribution in [0.3, 0.4) is 0 Å². The molecule has 0 saturated carbocycles. The van der Waals surface area contributed by atoms with E-state index in [1.807, 2.05) is 0 Å². The number of rotatable bonds is 6. The van der Waals surface area contributed by atoms with Crippen LogP contribution in [0.4, 0.5) is 11.5 Å². The Kier molecular flexibility index (Phi) is 4.42. The van der Waals surface area contributed by atoms with E-state index in [1.54, 1.807) is 42.3 Å². The van der Waals surface area contributed by atoms with Crippen molar-refractivity contribution in [3.63, 3.8) is 0 Å². The first-order valence-corrected chi connectivity index (χ1v) is 7.23. The van der Waals surface area contributed by atoms with Crippen molar-refractivity contribution in [3.8, 4) is 5.75 Å². The highest BCUT2D eigenvalue weighted by molar-refractivity contribution is 6.02. The predicted octanol–water partition coefficient (Wildman–Crippen LogP) is 1.81. The van der Waals surface area contributed by atoms with Crippen LogP contribution >= 0.6 is 0 Å². The van der Waals surface area contributed by atoms with Crippen molar-refractivity contribution in [2.45, 2.75) is 6.73 Å². The van der Waals surface area contributed by atoms with Gasteiger partial charge < -0.3 is 10.1 Å². The number of aryl methyl sites for hydroxylation is 1. The van der Waals surface area contributed by atoms with Gasteiger partial charge in [0.2, 0.25) is 0 Å². The molecule has 3 rings (SSSR count). The molecule has 0 saturated heterocycles. The van der Waals surface area contributed by atoms with E-state index in [9.17, 15) is 14.9 Å². The smallest absolute Gasteiger partial charge is 0.311 e. The summed E-state index contributed by atoms with van der Waals surface area (Å²) in [6, 6.07) is 9.21. The highest BCUT2D eigenvalue weighted by Crippen LogP contribution is 2.25. The minimum absolute atomic E-state index is 0.0677. The molecule has 2 aromatic heterocycles. The average Bonchev–Trinajstić information content (AvgIpc) is 3.22. The molecule has 1 aromatic carbocycles. The highest BCUT2D eigenvalue weighted by atomic mass is 16.6. The van der Waals surface area contributed by atoms with Crippen LogP contribution in [0, 0.1) is 10.1 Å². The van der Waals surface area contributed by atoms with E-state index in [-0.39, 0.29) is 23.9 Å². The minimum atomic E-state index is -0.524. The fraction of sp³-hybridized carbons (Fsp3) is 0.133. The second-order valence-electron chi connectivity index (χ2n) is 5.07. The van der Waals surface area contributed by atoms with Gasteiger partial charge in [0, 0.05) is 31.6 Å². The lowest BCUT2D eigenvalue weighted by Gasteiger charge is -2.06. The van der Waals surface area contributed by atoms with Crippen molar-refractivity contribution >= 4 is 17.4 Å². The Balaban J connectivity index is 1.64. The lowest BCUT2D eigenvalue weighted by molar-refractivity contribution is -0.386. The van der Waals surface area contributed by atoms with Gasteiger partial charge in [0.05, 0.1) is 4.92 Å². The third-order valence-corrected chi connectivity index (χ3v) is 3.24. The number of nitro groups is 1. The zero-order valence-corrected chi connectivity index (χ0v) is 13.2. The third-order valence-electron chi connectivity index (χ3n) is 3.24. The number of carbonyl (C=O) groups is 1. The standard InChI is InChI=1S/C15H14N6O4/c1-19-8-7-14(18-19)16-15(22)11-6-9-20(17-11)10-25-13-5-3-2-4-12(13)21(23)24/h2-9H,10H2,1H3,(H,16,18,22). The van der Waals surface area contributed by atoms with Crippen molar-refractivity contribution in [1.29, 1.82) is 0 Å². The van der Waals surface area contributed by atoms with Crippen LogP contribution in [0.1, 0.15) is 10.5 Å². The summed E-state index contributed by atoms with van der Waals surface area (Å²) in [5.41, 5.74) is 0.0413. The molecule has 0 aliphatic rings. The highest BCUT2D eigenvalue weighted by Gasteiger charge is 2.15. The number of nitrogens with zero attached hydrogens (tertiary/aromatic N) is 5. The number of benzene rings is 1. The van der Waals surface area contributed by atoms with E-state index in [1.165, 1.54) is 22.9 Å². The van der Waals surface area contributed by atoms with E-state index in [4.69, 9.17) is 4.74 Å². The van der Waals surface area contributed by atoms with Crippen molar-refractivity contribution < 1.29 is 14.5 Å². The number of nitro benzene ring substituents is 1. The molecule has 0 unspecified atom stereocenters. The van der Waals surface area contributed by atoms with Crippen LogP contribution in [0.25, 0.3) is 0 Å². The van der Waals surface area contributed by atoms with Crippen LogP contribution in [0.15, 0.2) is 48.8 Å². The van der Waals surface area contributed by atoms with E-state index in [0.717, 1.165) is 0 Å². The van der Waals surface area contributed by atoms with Crippen LogP contribution in [-0.2, 0) is 13.8 Å². The van der Waals surface area contributed by atoms with Crippen LogP contribution in [0.5, 0.6) is 5.75 Å². The van der Waals surface area contributed by atoms with E-state index >= 15 is 0 Å². The average molecular weight is 342 g/mol. The Bertz CT molecular complexity index is 916. The van der Waals surface area contributed by atoms with Gasteiger partial charge >= 0.3 is 5.69 Å². The molecule has 0 radical (unpaired) electrons. The maximum atomic E-state index is 12.1. The molecule has 0 spiro atoms. The summed E-state index contributed by atoms with van der Waals surface area (Å²) in [4.78, 5) is 22.5. The van der Waals surface area contributed by atoms with Crippen molar-refractivity contribution in [3.05, 3.63) is 64.6 Å². The van der Waals surface area contributed by atoms with Gasteiger partial charge in [0.15, 0.2) is 24.0 Å². The number of hydrogen-bond acceptors (Lipinski definition) is 6. The van der Waals surface area contributed by atoms with Crippen molar-refractivity contribution in [1.82, 2.24) is 19.6 Å². The lowest BCUT2D eigenvalue weighted by atomic mass is 10.3. The van der Waals surface area contributed by atoms with Crippen LogP contribution in [0.2, 0.25) is 0 Å². The van der Waals surface area contributed by atoms with Gasteiger partial charge in [-0.3, -0.25) is 19.6 Å². The second-order valence-corrected chi connectivity index (χ2v) is 5.07. The predicted molar refractivity (Wildman–Crippen MR) is 87.1 cm³/mol. The number of anilines is 1. The van der Waals surface area contributed by atoms with Gasteiger partial charge in [-0.2, -0.15) is 10.2 Å². The third kappa shape index (κ3) is 3.80. The number of carbonyl (C=O) groups excluding carboxylic acids is 1. The first-order chi connectivity index (χ1) is 12.0. The number of aromatic nitrogens is 4. The molecular weight excluding hydrogens is 328 g/mol. The van der Waals surface area contributed by atoms with Gasteiger partial charge in [-0.05, 0) is 12.1 Å². The Hall–Kier alpha value is -3.69. The molecule has 0 aliphatic heterocycles. The fourth-order valence-corrected chi connectivity index (χ4v) is 2.08. The maximum absolute atomic E-state index is 12.1. The van der Waals surface area contributed by atoms with Gasteiger partial charge in [0.25, 0.3) is 5.91 Å². The maximum Gasteiger partial charge on any atom is 0.311 e. The molecule has 10 heteroatoms. The Labute approximate surface area is 141 Å². The monoisotopic (exact) mass is 342 g/mol. The van der Waals surface area contributed by atoms with E-state index < -0.39 is 10.8 Å². The Morgan fingerprint density at radius 2 is 2.04 bits per heavy atom. The summed E-state index contributed by atoms with van der Waals surface area (Å²) in [6.07, 6.45) is 3.25. The summed E-state index contributed by atoms with van der Waals surface area (Å²) in [6.45, 7) is -0.0677. The summed E-state index contributed by atoms with van der Waals surface area (Å²) in [5, 5.41) is 21.7. The quantitative estimate of drug-likeness (QED) is 0.539. The molecule has 2 heterocycles. The molecule has 0 fully saturated rings. The molecular formula is C15H14N6O4. The SMILES string of the molecule is Cn1ccc(NC(=O)c2ccn(COc3ccccc3[N+](=O)[O-])n2)n1. The number of ether oxygens (including phenoxy) is 1. The van der Waals surface area contributed by atoms with Gasteiger partial charge in [-0.15, -0.1) is 0 Å². The first-order valence-electron chi connectivity index (χ1n) is 7.23. The largest absolute Gasteiger partial charge is 0.464 e. The van der Waals surface area contributed by atoms with Gasteiger partial charge in [0.1, 0.15) is 0 Å². The number of amides is 1. The molecule has 1 N–H and O–H groups in total. The molecule has 25 heavy (non-hydrogen) atoms. The zero-order chi connectivity index (χ0) is 17.8. The second kappa shape index (κ2) is 6.83. The van der Waals surface area contributed by atoms with Gasteiger partial charge in [-0.25, -0.2) is 4.68 Å². The Morgan fingerprint density at radius 1 is 1.24 bits per heavy atom. The summed E-state index contributed by atoms with van der Waals surface area (Å²) >= 11 is 0. The zero-order valence-electron chi connectivity index (χ0n) is 13.2. The molecule has 10 nitrogen and oxygen atoms in total. The fourth-order valence-electron chi connectivity index (χ4n) is 2.08. The Morgan fingerprint density at radius 3 is 2.76 bits per heavy atom. The number of para-hydroxylation sites is 2. The molecule has 128 valence electrons. The van der Waals surface area contributed by atoms with Crippen LogP contribution < -0.4 is 10.1 Å². The van der Waals surface area contributed by atoms with Crippen molar-refractivity contribution in [2.24, 2.45) is 7.05 Å². The summed E-state index contributed by atoms with van der Waals surface area (Å²) < 4.78 is 8.34. The molecule has 1 amide bonds.